The van der Waals surface area contributed by atoms with Crippen LogP contribution in [0.5, 0.6) is 5.75 Å². The molecule has 0 saturated heterocycles. The van der Waals surface area contributed by atoms with E-state index in [0.717, 1.165) is 12.2 Å². The summed E-state index contributed by atoms with van der Waals surface area (Å²) in [6.45, 7) is 7.63. The number of hydrogen-bond donors (Lipinski definition) is 0. The van der Waals surface area contributed by atoms with Crippen LogP contribution in [0.1, 0.15) is 63.9 Å². The number of benzene rings is 1. The van der Waals surface area contributed by atoms with Crippen molar-refractivity contribution in [1.29, 1.82) is 0 Å². The fourth-order valence-corrected chi connectivity index (χ4v) is 3.50. The number of aryl methyl sites for hydroxylation is 1. The van der Waals surface area contributed by atoms with Gasteiger partial charge < -0.3 is 33.2 Å². The average Bonchev–Trinajstić information content (AvgIpc) is 2.92. The van der Waals surface area contributed by atoms with E-state index in [1.807, 2.05) is 12.1 Å². The van der Waals surface area contributed by atoms with Crippen LogP contribution in [0.3, 0.4) is 0 Å². The number of carbonyl (C=O) groups is 1. The summed E-state index contributed by atoms with van der Waals surface area (Å²) in [6, 6.07) is 8.43. The lowest BCUT2D eigenvalue weighted by molar-refractivity contribution is -0.141. The fraction of sp³-hybridized carbons (Fsp3) is 0.759. The molecule has 0 heterocycles. The lowest BCUT2D eigenvalue weighted by Crippen LogP contribution is -2.14. The molecule has 0 aliphatic rings. The van der Waals surface area contributed by atoms with Gasteiger partial charge in [-0.15, -0.1) is 0 Å². The molecule has 214 valence electrons. The van der Waals surface area contributed by atoms with E-state index >= 15 is 0 Å². The maximum atomic E-state index is 10.9. The van der Waals surface area contributed by atoms with Crippen LogP contribution in [0.2, 0.25) is 0 Å². The number of hydrogen-bond acceptors (Lipinski definition) is 8. The van der Waals surface area contributed by atoms with Crippen molar-refractivity contribution in [2.75, 3.05) is 79.8 Å². The first kappa shape index (κ1) is 33.3. The predicted molar refractivity (Wildman–Crippen MR) is 144 cm³/mol. The molecule has 0 amide bonds. The molecule has 1 aromatic carbocycles. The van der Waals surface area contributed by atoms with E-state index in [1.165, 1.54) is 57.6 Å². The van der Waals surface area contributed by atoms with E-state index in [2.05, 4.69) is 23.8 Å². The highest BCUT2D eigenvalue weighted by Crippen LogP contribution is 2.15. The minimum Gasteiger partial charge on any atom is -0.491 e. The molecule has 1 rings (SSSR count). The van der Waals surface area contributed by atoms with Crippen LogP contribution in [0.25, 0.3) is 0 Å². The van der Waals surface area contributed by atoms with Gasteiger partial charge in [0.05, 0.1) is 79.6 Å². The second-order valence-corrected chi connectivity index (χ2v) is 8.75. The lowest BCUT2D eigenvalue weighted by atomic mass is 10.0. The maximum Gasteiger partial charge on any atom is 0.307 e. The van der Waals surface area contributed by atoms with E-state index in [1.54, 1.807) is 0 Å². The maximum absolute atomic E-state index is 10.9. The Morgan fingerprint density at radius 3 is 1.57 bits per heavy atom. The highest BCUT2D eigenvalue weighted by Gasteiger charge is 2.00. The summed E-state index contributed by atoms with van der Waals surface area (Å²) in [6.07, 6.45) is 10.8. The number of carbonyl (C=O) groups excluding carboxylic acids is 1. The largest absolute Gasteiger partial charge is 0.491 e. The summed E-state index contributed by atoms with van der Waals surface area (Å²) in [4.78, 5) is 10.9. The molecule has 0 spiro atoms. The monoisotopic (exact) mass is 526 g/mol. The summed E-state index contributed by atoms with van der Waals surface area (Å²) >= 11 is 0. The molecular formula is C29H50O8. The van der Waals surface area contributed by atoms with Crippen molar-refractivity contribution in [3.05, 3.63) is 29.8 Å². The van der Waals surface area contributed by atoms with E-state index in [9.17, 15) is 4.79 Å². The molecule has 37 heavy (non-hydrogen) atoms. The number of esters is 1. The van der Waals surface area contributed by atoms with E-state index in [4.69, 9.17) is 28.4 Å². The Balaban J connectivity index is 1.80. The number of ether oxygens (including phenoxy) is 7. The molecular weight excluding hydrogens is 476 g/mol. The molecule has 0 atom stereocenters. The number of rotatable bonds is 27. The Kier molecular flexibility index (Phi) is 23.3. The standard InChI is InChI=1S/C29H50O8/c1-3-4-5-6-7-8-9-10-27-11-13-28(14-12-27)37-26-25-36-24-23-35-22-21-34-20-19-33-18-17-32-16-15-29(30)31-2/h11-14H,3-10,15-26H2,1-2H3. The molecule has 0 unspecified atom stereocenters. The second kappa shape index (κ2) is 25.9. The molecule has 0 N–H and O–H groups in total. The molecule has 0 aromatic heterocycles. The molecule has 8 heteroatoms. The van der Waals surface area contributed by atoms with Crippen molar-refractivity contribution in [2.24, 2.45) is 0 Å². The third-order valence-electron chi connectivity index (χ3n) is 5.65. The Labute approximate surface area is 224 Å². The van der Waals surface area contributed by atoms with Gasteiger partial charge in [0.15, 0.2) is 0 Å². The minimum absolute atomic E-state index is 0.256. The van der Waals surface area contributed by atoms with E-state index in [0.29, 0.717) is 72.7 Å². The van der Waals surface area contributed by atoms with Gasteiger partial charge in [-0.2, -0.15) is 0 Å². The molecule has 0 radical (unpaired) electrons. The Hall–Kier alpha value is -1.71. The van der Waals surface area contributed by atoms with Gasteiger partial charge in [-0.05, 0) is 30.5 Å². The average molecular weight is 527 g/mol. The van der Waals surface area contributed by atoms with Gasteiger partial charge in [0.1, 0.15) is 12.4 Å². The zero-order valence-corrected chi connectivity index (χ0v) is 23.2. The smallest absolute Gasteiger partial charge is 0.307 e. The molecule has 8 nitrogen and oxygen atoms in total. The molecule has 1 aromatic rings. The number of methoxy groups -OCH3 is 1. The van der Waals surface area contributed by atoms with Crippen molar-refractivity contribution < 1.29 is 38.0 Å². The highest BCUT2D eigenvalue weighted by atomic mass is 16.6. The summed E-state index contributed by atoms with van der Waals surface area (Å²) in [7, 11) is 1.36. The van der Waals surface area contributed by atoms with Crippen molar-refractivity contribution in [2.45, 2.75) is 64.7 Å². The van der Waals surface area contributed by atoms with Crippen LogP contribution in [0.4, 0.5) is 0 Å². The van der Waals surface area contributed by atoms with Crippen LogP contribution in [0, 0.1) is 0 Å². The Morgan fingerprint density at radius 2 is 1.05 bits per heavy atom. The zero-order valence-electron chi connectivity index (χ0n) is 23.2. The highest BCUT2D eigenvalue weighted by molar-refractivity contribution is 5.69. The third-order valence-corrected chi connectivity index (χ3v) is 5.65. The quantitative estimate of drug-likeness (QED) is 0.117. The molecule has 0 aliphatic carbocycles. The molecule has 0 saturated carbocycles. The van der Waals surface area contributed by atoms with Crippen LogP contribution >= 0.6 is 0 Å². The van der Waals surface area contributed by atoms with Crippen molar-refractivity contribution in [3.8, 4) is 5.75 Å². The summed E-state index contributed by atoms with van der Waals surface area (Å²) in [5.74, 6) is 0.609. The Morgan fingerprint density at radius 1 is 0.595 bits per heavy atom. The first-order chi connectivity index (χ1) is 18.3. The molecule has 0 bridgehead atoms. The topological polar surface area (TPSA) is 81.7 Å². The summed E-state index contributed by atoms with van der Waals surface area (Å²) in [5, 5.41) is 0. The molecule has 0 fully saturated rings. The van der Waals surface area contributed by atoms with Gasteiger partial charge >= 0.3 is 5.97 Å². The normalized spacial score (nSPS) is 11.1. The van der Waals surface area contributed by atoms with Gasteiger partial charge in [0.2, 0.25) is 0 Å². The summed E-state index contributed by atoms with van der Waals surface area (Å²) in [5.41, 5.74) is 1.38. The first-order valence-electron chi connectivity index (χ1n) is 13.9. The lowest BCUT2D eigenvalue weighted by Gasteiger charge is -2.09. The van der Waals surface area contributed by atoms with Crippen molar-refractivity contribution >= 4 is 5.97 Å². The fourth-order valence-electron chi connectivity index (χ4n) is 3.50. The van der Waals surface area contributed by atoms with Crippen molar-refractivity contribution in [3.63, 3.8) is 0 Å². The van der Waals surface area contributed by atoms with Crippen LogP contribution in [0.15, 0.2) is 24.3 Å². The van der Waals surface area contributed by atoms with Crippen LogP contribution in [-0.2, 0) is 39.6 Å². The third kappa shape index (κ3) is 22.0. The van der Waals surface area contributed by atoms with Gasteiger partial charge in [0.25, 0.3) is 0 Å². The van der Waals surface area contributed by atoms with Crippen LogP contribution < -0.4 is 4.74 Å². The van der Waals surface area contributed by atoms with Crippen LogP contribution in [-0.4, -0.2) is 85.8 Å². The number of unbranched alkanes of at least 4 members (excludes halogenated alkanes) is 6. The predicted octanol–water partition coefficient (Wildman–Crippen LogP) is 5.00. The van der Waals surface area contributed by atoms with E-state index in [-0.39, 0.29) is 12.4 Å². The molecule has 0 aliphatic heterocycles. The van der Waals surface area contributed by atoms with Gasteiger partial charge in [-0.3, -0.25) is 4.79 Å². The van der Waals surface area contributed by atoms with Crippen molar-refractivity contribution in [1.82, 2.24) is 0 Å². The van der Waals surface area contributed by atoms with Gasteiger partial charge in [-0.25, -0.2) is 0 Å². The summed E-state index contributed by atoms with van der Waals surface area (Å²) < 4.78 is 37.4. The van der Waals surface area contributed by atoms with Gasteiger partial charge in [0, 0.05) is 0 Å². The first-order valence-corrected chi connectivity index (χ1v) is 13.9. The zero-order chi connectivity index (χ0) is 26.7. The second-order valence-electron chi connectivity index (χ2n) is 8.75. The van der Waals surface area contributed by atoms with Gasteiger partial charge in [-0.1, -0.05) is 57.6 Å². The van der Waals surface area contributed by atoms with E-state index < -0.39 is 0 Å². The Bertz CT molecular complexity index is 623. The minimum atomic E-state index is -0.276. The SMILES string of the molecule is CCCCCCCCCc1ccc(OCCOCCOCCOCCOCCOCCC(=O)OC)cc1.